The number of amides is 1. The van der Waals surface area contributed by atoms with Crippen LogP contribution < -0.4 is 5.32 Å². The Morgan fingerprint density at radius 2 is 1.22 bits per heavy atom. The highest BCUT2D eigenvalue weighted by Gasteiger charge is 2.04. The molecule has 0 radical (unpaired) electrons. The third-order valence-corrected chi connectivity index (χ3v) is 2.56. The van der Waals surface area contributed by atoms with Crippen LogP contribution in [0.4, 0.5) is 0 Å². The zero-order valence-electron chi connectivity index (χ0n) is 13.1. The van der Waals surface area contributed by atoms with Crippen molar-refractivity contribution < 1.29 is 38.8 Å². The van der Waals surface area contributed by atoms with Crippen LogP contribution in [-0.4, -0.2) is 74.2 Å². The predicted molar refractivity (Wildman–Crippen MR) is 79.2 cm³/mol. The van der Waals surface area contributed by atoms with Crippen LogP contribution in [0.3, 0.4) is 0 Å². The summed E-state index contributed by atoms with van der Waals surface area (Å²) in [5.41, 5.74) is 0. The van der Waals surface area contributed by atoms with Gasteiger partial charge >= 0.3 is 11.9 Å². The molecule has 0 aliphatic carbocycles. The Morgan fingerprint density at radius 3 is 1.78 bits per heavy atom. The lowest BCUT2D eigenvalue weighted by Gasteiger charge is -2.07. The van der Waals surface area contributed by atoms with Gasteiger partial charge in [-0.25, -0.2) is 0 Å². The smallest absolute Gasteiger partial charge is 0.305 e. The molecule has 0 aliphatic heterocycles. The average Bonchev–Trinajstić information content (AvgIpc) is 2.49. The number of aliphatic carboxylic acids is 2. The second-order valence-corrected chi connectivity index (χ2v) is 4.58. The van der Waals surface area contributed by atoms with E-state index < -0.39 is 11.9 Å². The molecule has 0 spiro atoms. The summed E-state index contributed by atoms with van der Waals surface area (Å²) in [6, 6.07) is 0. The van der Waals surface area contributed by atoms with E-state index in [0.717, 1.165) is 0 Å². The first-order valence-electron chi connectivity index (χ1n) is 7.46. The van der Waals surface area contributed by atoms with Crippen molar-refractivity contribution in [3.8, 4) is 0 Å². The van der Waals surface area contributed by atoms with Crippen LogP contribution in [0.15, 0.2) is 0 Å². The Bertz CT molecular complexity index is 348. The Kier molecular flexibility index (Phi) is 14.1. The van der Waals surface area contributed by atoms with Gasteiger partial charge in [-0.05, 0) is 6.42 Å². The van der Waals surface area contributed by atoms with Crippen molar-refractivity contribution in [2.75, 3.05) is 46.2 Å². The van der Waals surface area contributed by atoms with Gasteiger partial charge < -0.3 is 29.7 Å². The number of hydrogen-bond acceptors (Lipinski definition) is 6. The molecule has 1 amide bonds. The van der Waals surface area contributed by atoms with Crippen LogP contribution in [0.2, 0.25) is 0 Å². The molecule has 0 aromatic heterocycles. The summed E-state index contributed by atoms with van der Waals surface area (Å²) in [6.07, 6.45) is 0.436. The number of carboxylic acid groups (broad SMARTS) is 2. The monoisotopic (exact) mass is 335 g/mol. The third-order valence-electron chi connectivity index (χ3n) is 2.56. The first-order chi connectivity index (χ1) is 11.0. The Labute approximate surface area is 134 Å². The van der Waals surface area contributed by atoms with Gasteiger partial charge in [0, 0.05) is 19.6 Å². The van der Waals surface area contributed by atoms with E-state index in [0.29, 0.717) is 46.0 Å². The van der Waals surface area contributed by atoms with Gasteiger partial charge in [0.25, 0.3) is 0 Å². The van der Waals surface area contributed by atoms with E-state index in [2.05, 4.69) is 5.32 Å². The molecule has 0 atom stereocenters. The highest BCUT2D eigenvalue weighted by molar-refractivity contribution is 5.80. The molecular formula is C14H25NO8. The second kappa shape index (κ2) is 15.2. The Hall–Kier alpha value is -1.71. The SMILES string of the molecule is O=C(O)CCOCCOCCOCCCNC(=O)CCC(=O)O. The Balaban J connectivity index is 3.14. The quantitative estimate of drug-likeness (QED) is 0.333. The van der Waals surface area contributed by atoms with E-state index in [1.807, 2.05) is 0 Å². The molecule has 134 valence electrons. The van der Waals surface area contributed by atoms with Gasteiger partial charge in [-0.3, -0.25) is 14.4 Å². The fourth-order valence-electron chi connectivity index (χ4n) is 1.41. The highest BCUT2D eigenvalue weighted by atomic mass is 16.5. The third kappa shape index (κ3) is 18.2. The minimum absolute atomic E-state index is 0.0153. The molecule has 0 fully saturated rings. The summed E-state index contributed by atoms with van der Waals surface area (Å²) in [4.78, 5) is 31.7. The molecule has 9 nitrogen and oxygen atoms in total. The van der Waals surface area contributed by atoms with Crippen LogP contribution in [0.25, 0.3) is 0 Å². The summed E-state index contributed by atoms with van der Waals surface area (Å²) < 4.78 is 15.5. The summed E-state index contributed by atoms with van der Waals surface area (Å²) in [7, 11) is 0. The van der Waals surface area contributed by atoms with Crippen molar-refractivity contribution in [1.29, 1.82) is 0 Å². The van der Waals surface area contributed by atoms with E-state index in [9.17, 15) is 14.4 Å². The molecule has 23 heavy (non-hydrogen) atoms. The fraction of sp³-hybridized carbons (Fsp3) is 0.786. The fourth-order valence-corrected chi connectivity index (χ4v) is 1.41. The lowest BCUT2D eigenvalue weighted by Crippen LogP contribution is -2.25. The molecule has 0 rings (SSSR count). The maximum atomic E-state index is 11.2. The van der Waals surface area contributed by atoms with Crippen LogP contribution in [0.1, 0.15) is 25.7 Å². The van der Waals surface area contributed by atoms with Crippen molar-refractivity contribution in [3.63, 3.8) is 0 Å². The van der Waals surface area contributed by atoms with E-state index in [1.165, 1.54) is 0 Å². The minimum atomic E-state index is -0.990. The van der Waals surface area contributed by atoms with Crippen LogP contribution >= 0.6 is 0 Å². The topological polar surface area (TPSA) is 131 Å². The molecule has 0 aromatic carbocycles. The maximum Gasteiger partial charge on any atom is 0.305 e. The van der Waals surface area contributed by atoms with Gasteiger partial charge in [0.15, 0.2) is 0 Å². The van der Waals surface area contributed by atoms with Gasteiger partial charge in [-0.2, -0.15) is 0 Å². The average molecular weight is 335 g/mol. The normalized spacial score (nSPS) is 10.4. The number of carboxylic acids is 2. The second-order valence-electron chi connectivity index (χ2n) is 4.58. The lowest BCUT2D eigenvalue weighted by atomic mass is 10.3. The molecule has 3 N–H and O–H groups in total. The van der Waals surface area contributed by atoms with Gasteiger partial charge in [0.05, 0.1) is 45.9 Å². The van der Waals surface area contributed by atoms with Crippen molar-refractivity contribution in [2.45, 2.75) is 25.7 Å². The number of ether oxygens (including phenoxy) is 3. The summed E-state index contributed by atoms with van der Waals surface area (Å²) >= 11 is 0. The number of hydrogen-bond donors (Lipinski definition) is 3. The molecule has 0 saturated carbocycles. The van der Waals surface area contributed by atoms with E-state index in [-0.39, 0.29) is 31.8 Å². The number of rotatable bonds is 16. The molecule has 9 heteroatoms. The molecule has 0 aromatic rings. The number of carbonyl (C=O) groups is 3. The molecule has 0 aliphatic rings. The molecule has 0 bridgehead atoms. The van der Waals surface area contributed by atoms with Crippen LogP contribution in [0, 0.1) is 0 Å². The summed E-state index contributed by atoms with van der Waals surface area (Å²) in [5.74, 6) is -2.16. The molecule has 0 heterocycles. The van der Waals surface area contributed by atoms with Gasteiger partial charge in [0.1, 0.15) is 0 Å². The van der Waals surface area contributed by atoms with Crippen molar-refractivity contribution in [3.05, 3.63) is 0 Å². The number of nitrogens with one attached hydrogen (secondary N) is 1. The zero-order valence-corrected chi connectivity index (χ0v) is 13.1. The standard InChI is InChI=1S/C14H25NO8/c16-12(2-3-13(17)18)15-5-1-6-21-8-10-23-11-9-22-7-4-14(19)20/h1-11H2,(H,15,16)(H,17,18)(H,19,20). The van der Waals surface area contributed by atoms with Crippen molar-refractivity contribution in [1.82, 2.24) is 5.32 Å². The van der Waals surface area contributed by atoms with E-state index >= 15 is 0 Å². The van der Waals surface area contributed by atoms with Gasteiger partial charge in [-0.15, -0.1) is 0 Å². The van der Waals surface area contributed by atoms with Crippen molar-refractivity contribution >= 4 is 17.8 Å². The number of carbonyl (C=O) groups excluding carboxylic acids is 1. The highest BCUT2D eigenvalue weighted by Crippen LogP contribution is 1.89. The van der Waals surface area contributed by atoms with Crippen LogP contribution in [0.5, 0.6) is 0 Å². The van der Waals surface area contributed by atoms with E-state index in [4.69, 9.17) is 24.4 Å². The maximum absolute atomic E-state index is 11.2. The molecular weight excluding hydrogens is 310 g/mol. The molecule has 0 saturated heterocycles. The van der Waals surface area contributed by atoms with Crippen LogP contribution in [-0.2, 0) is 28.6 Å². The first kappa shape index (κ1) is 21.3. The summed E-state index contributed by atoms with van der Waals surface area (Å²) in [5, 5.41) is 19.4. The minimum Gasteiger partial charge on any atom is -0.481 e. The lowest BCUT2D eigenvalue weighted by molar-refractivity contribution is -0.139. The van der Waals surface area contributed by atoms with Crippen molar-refractivity contribution in [2.24, 2.45) is 0 Å². The van der Waals surface area contributed by atoms with Gasteiger partial charge in [-0.1, -0.05) is 0 Å². The Morgan fingerprint density at radius 1 is 0.696 bits per heavy atom. The zero-order chi connectivity index (χ0) is 17.3. The first-order valence-corrected chi connectivity index (χ1v) is 7.46. The van der Waals surface area contributed by atoms with E-state index in [1.54, 1.807) is 0 Å². The molecule has 0 unspecified atom stereocenters. The largest absolute Gasteiger partial charge is 0.481 e. The predicted octanol–water partition coefficient (Wildman–Crippen LogP) is -0.118. The summed E-state index contributed by atoms with van der Waals surface area (Å²) in [6.45, 7) is 2.63. The van der Waals surface area contributed by atoms with Gasteiger partial charge in [0.2, 0.25) is 5.91 Å².